The summed E-state index contributed by atoms with van der Waals surface area (Å²) < 4.78 is 0. The summed E-state index contributed by atoms with van der Waals surface area (Å²) in [6, 6.07) is 3.53. The highest BCUT2D eigenvalue weighted by Gasteiger charge is 2.20. The SMILES string of the molecule is O=C1CCC(NC(=O)c2ccc[nH]2)CN1. The molecule has 2 amide bonds. The van der Waals surface area contributed by atoms with E-state index in [0.29, 0.717) is 25.1 Å². The van der Waals surface area contributed by atoms with Gasteiger partial charge in [0.1, 0.15) is 5.69 Å². The maximum Gasteiger partial charge on any atom is 0.267 e. The molecule has 1 aliphatic heterocycles. The smallest absolute Gasteiger partial charge is 0.267 e. The lowest BCUT2D eigenvalue weighted by molar-refractivity contribution is -0.122. The summed E-state index contributed by atoms with van der Waals surface area (Å²) in [7, 11) is 0. The molecule has 1 saturated heterocycles. The van der Waals surface area contributed by atoms with Crippen molar-refractivity contribution in [2.45, 2.75) is 18.9 Å². The molecule has 0 radical (unpaired) electrons. The van der Waals surface area contributed by atoms with E-state index in [1.165, 1.54) is 0 Å². The van der Waals surface area contributed by atoms with Gasteiger partial charge in [-0.25, -0.2) is 0 Å². The van der Waals surface area contributed by atoms with Gasteiger partial charge in [-0.05, 0) is 18.6 Å². The van der Waals surface area contributed by atoms with E-state index >= 15 is 0 Å². The van der Waals surface area contributed by atoms with Crippen molar-refractivity contribution in [2.24, 2.45) is 0 Å². The summed E-state index contributed by atoms with van der Waals surface area (Å²) in [5, 5.41) is 5.58. The number of carbonyl (C=O) groups is 2. The van der Waals surface area contributed by atoms with Crippen molar-refractivity contribution in [1.29, 1.82) is 0 Å². The Bertz CT molecular complexity index is 349. The fourth-order valence-corrected chi connectivity index (χ4v) is 1.59. The summed E-state index contributed by atoms with van der Waals surface area (Å²) >= 11 is 0. The molecule has 1 aromatic heterocycles. The van der Waals surface area contributed by atoms with E-state index in [-0.39, 0.29) is 17.9 Å². The molecule has 5 heteroatoms. The quantitative estimate of drug-likeness (QED) is 0.639. The van der Waals surface area contributed by atoms with Crippen LogP contribution in [0.5, 0.6) is 0 Å². The van der Waals surface area contributed by atoms with Crippen molar-refractivity contribution in [1.82, 2.24) is 15.6 Å². The molecule has 2 heterocycles. The molecule has 1 unspecified atom stereocenters. The molecule has 0 spiro atoms. The number of carbonyl (C=O) groups excluding carboxylic acids is 2. The van der Waals surface area contributed by atoms with E-state index in [0.717, 1.165) is 0 Å². The molecular formula is C10H13N3O2. The van der Waals surface area contributed by atoms with Crippen molar-refractivity contribution in [3.8, 4) is 0 Å². The molecule has 0 aliphatic carbocycles. The van der Waals surface area contributed by atoms with E-state index < -0.39 is 0 Å². The Morgan fingerprint density at radius 1 is 1.53 bits per heavy atom. The second-order valence-corrected chi connectivity index (χ2v) is 3.60. The summed E-state index contributed by atoms with van der Waals surface area (Å²) in [6.45, 7) is 0.519. The third kappa shape index (κ3) is 2.37. The molecule has 1 atom stereocenters. The second kappa shape index (κ2) is 4.16. The van der Waals surface area contributed by atoms with E-state index in [4.69, 9.17) is 0 Å². The minimum absolute atomic E-state index is 0.0403. The normalized spacial score (nSPS) is 20.8. The Morgan fingerprint density at radius 2 is 2.40 bits per heavy atom. The molecule has 15 heavy (non-hydrogen) atoms. The van der Waals surface area contributed by atoms with Gasteiger partial charge >= 0.3 is 0 Å². The van der Waals surface area contributed by atoms with Gasteiger partial charge in [-0.15, -0.1) is 0 Å². The Labute approximate surface area is 87.2 Å². The average molecular weight is 207 g/mol. The predicted molar refractivity (Wildman–Crippen MR) is 54.3 cm³/mol. The van der Waals surface area contributed by atoms with Crippen LogP contribution in [0.25, 0.3) is 0 Å². The highest BCUT2D eigenvalue weighted by Crippen LogP contribution is 2.04. The summed E-state index contributed by atoms with van der Waals surface area (Å²) in [6.07, 6.45) is 2.89. The standard InChI is InChI=1S/C10H13N3O2/c14-9-4-3-7(6-12-9)13-10(15)8-2-1-5-11-8/h1-2,5,7,11H,3-4,6H2,(H,12,14)(H,13,15). The maximum atomic E-state index is 11.6. The van der Waals surface area contributed by atoms with Gasteiger partial charge in [-0.2, -0.15) is 0 Å². The Morgan fingerprint density at radius 3 is 3.00 bits per heavy atom. The fraction of sp³-hybridized carbons (Fsp3) is 0.400. The van der Waals surface area contributed by atoms with Crippen LogP contribution < -0.4 is 10.6 Å². The van der Waals surface area contributed by atoms with Gasteiger partial charge < -0.3 is 15.6 Å². The average Bonchev–Trinajstić information content (AvgIpc) is 2.74. The van der Waals surface area contributed by atoms with Crippen molar-refractivity contribution in [3.05, 3.63) is 24.0 Å². The molecule has 3 N–H and O–H groups in total. The molecule has 0 bridgehead atoms. The van der Waals surface area contributed by atoms with Gasteiger partial charge in [-0.3, -0.25) is 9.59 Å². The minimum atomic E-state index is -0.124. The number of hydrogen-bond acceptors (Lipinski definition) is 2. The molecular weight excluding hydrogens is 194 g/mol. The van der Waals surface area contributed by atoms with Crippen molar-refractivity contribution < 1.29 is 9.59 Å². The van der Waals surface area contributed by atoms with Crippen molar-refractivity contribution in [3.63, 3.8) is 0 Å². The zero-order valence-electron chi connectivity index (χ0n) is 8.25. The maximum absolute atomic E-state index is 11.6. The number of rotatable bonds is 2. The van der Waals surface area contributed by atoms with Gasteiger partial charge in [0.25, 0.3) is 5.91 Å². The number of hydrogen-bond donors (Lipinski definition) is 3. The third-order valence-corrected chi connectivity index (χ3v) is 2.44. The summed E-state index contributed by atoms with van der Waals surface area (Å²) in [4.78, 5) is 25.3. The van der Waals surface area contributed by atoms with Crippen LogP contribution in [0, 0.1) is 0 Å². The first kappa shape index (κ1) is 9.76. The third-order valence-electron chi connectivity index (χ3n) is 2.44. The topological polar surface area (TPSA) is 74.0 Å². The number of aromatic nitrogens is 1. The molecule has 1 aliphatic rings. The van der Waals surface area contributed by atoms with Crippen LogP contribution in [-0.4, -0.2) is 29.4 Å². The lowest BCUT2D eigenvalue weighted by atomic mass is 10.1. The number of amides is 2. The lowest BCUT2D eigenvalue weighted by Crippen LogP contribution is -2.47. The summed E-state index contributed by atoms with van der Waals surface area (Å²) in [5.74, 6) is -0.0680. The summed E-state index contributed by atoms with van der Waals surface area (Å²) in [5.41, 5.74) is 0.548. The number of nitrogens with one attached hydrogen (secondary N) is 3. The molecule has 80 valence electrons. The number of aromatic amines is 1. The van der Waals surface area contributed by atoms with Crippen LogP contribution >= 0.6 is 0 Å². The highest BCUT2D eigenvalue weighted by atomic mass is 16.2. The highest BCUT2D eigenvalue weighted by molar-refractivity contribution is 5.92. The molecule has 5 nitrogen and oxygen atoms in total. The first-order valence-electron chi connectivity index (χ1n) is 4.96. The zero-order chi connectivity index (χ0) is 10.7. The molecule has 0 saturated carbocycles. The Balaban J connectivity index is 1.87. The molecule has 0 aromatic carbocycles. The van der Waals surface area contributed by atoms with Gasteiger partial charge in [0, 0.05) is 25.2 Å². The minimum Gasteiger partial charge on any atom is -0.357 e. The largest absolute Gasteiger partial charge is 0.357 e. The monoisotopic (exact) mass is 207 g/mol. The van der Waals surface area contributed by atoms with Gasteiger partial charge in [0.15, 0.2) is 0 Å². The lowest BCUT2D eigenvalue weighted by Gasteiger charge is -2.23. The first-order valence-corrected chi connectivity index (χ1v) is 4.96. The first-order chi connectivity index (χ1) is 7.25. The Hall–Kier alpha value is -1.78. The van der Waals surface area contributed by atoms with E-state index in [9.17, 15) is 9.59 Å². The number of piperidine rings is 1. The van der Waals surface area contributed by atoms with Crippen LogP contribution in [-0.2, 0) is 4.79 Å². The van der Waals surface area contributed by atoms with Gasteiger partial charge in [-0.1, -0.05) is 0 Å². The van der Waals surface area contributed by atoms with E-state index in [1.807, 2.05) is 0 Å². The molecule has 1 aromatic rings. The van der Waals surface area contributed by atoms with Crippen LogP contribution in [0.4, 0.5) is 0 Å². The van der Waals surface area contributed by atoms with Crippen LogP contribution in [0.2, 0.25) is 0 Å². The van der Waals surface area contributed by atoms with Crippen LogP contribution in [0.3, 0.4) is 0 Å². The van der Waals surface area contributed by atoms with Gasteiger partial charge in [0.2, 0.25) is 5.91 Å². The van der Waals surface area contributed by atoms with Crippen molar-refractivity contribution >= 4 is 11.8 Å². The van der Waals surface area contributed by atoms with E-state index in [1.54, 1.807) is 18.3 Å². The molecule has 2 rings (SSSR count). The van der Waals surface area contributed by atoms with Crippen LogP contribution in [0.1, 0.15) is 23.3 Å². The van der Waals surface area contributed by atoms with E-state index in [2.05, 4.69) is 15.6 Å². The second-order valence-electron chi connectivity index (χ2n) is 3.60. The van der Waals surface area contributed by atoms with Gasteiger partial charge in [0.05, 0.1) is 0 Å². The fourth-order valence-electron chi connectivity index (χ4n) is 1.59. The predicted octanol–water partition coefficient (Wildman–Crippen LogP) is 0.0231. The zero-order valence-corrected chi connectivity index (χ0v) is 8.25. The van der Waals surface area contributed by atoms with Crippen molar-refractivity contribution in [2.75, 3.05) is 6.54 Å². The Kier molecular flexibility index (Phi) is 2.71. The van der Waals surface area contributed by atoms with Crippen LogP contribution in [0.15, 0.2) is 18.3 Å². The number of H-pyrrole nitrogens is 1. The molecule has 1 fully saturated rings.